The molecule has 17 heavy (non-hydrogen) atoms. The van der Waals surface area contributed by atoms with Crippen molar-refractivity contribution in [2.45, 2.75) is 12.5 Å². The Kier molecular flexibility index (Phi) is 5.18. The highest BCUT2D eigenvalue weighted by molar-refractivity contribution is 14.1. The Hall–Kier alpha value is -0.370. The monoisotopic (exact) mass is 369 g/mol. The number of carbonyl (C=O) groups is 1. The van der Waals surface area contributed by atoms with Crippen LogP contribution in [-0.4, -0.2) is 34.9 Å². The molecule has 0 heterocycles. The Morgan fingerprint density at radius 3 is 2.76 bits per heavy atom. The molecule has 1 amide bonds. The summed E-state index contributed by atoms with van der Waals surface area (Å²) in [7, 11) is 0. The molecule has 0 aliphatic carbocycles. The highest BCUT2D eigenvalue weighted by Gasteiger charge is 2.20. The summed E-state index contributed by atoms with van der Waals surface area (Å²) < 4.78 is 0.864. The summed E-state index contributed by atoms with van der Waals surface area (Å²) in [4.78, 5) is 11.7. The van der Waals surface area contributed by atoms with Gasteiger partial charge in [-0.25, -0.2) is 0 Å². The van der Waals surface area contributed by atoms with Crippen LogP contribution in [0.4, 0.5) is 0 Å². The van der Waals surface area contributed by atoms with Crippen LogP contribution < -0.4 is 5.32 Å². The molecule has 0 fully saturated rings. The smallest absolute Gasteiger partial charge is 0.251 e. The van der Waals surface area contributed by atoms with Crippen molar-refractivity contribution in [2.75, 3.05) is 13.2 Å². The van der Waals surface area contributed by atoms with E-state index >= 15 is 0 Å². The quantitative estimate of drug-likeness (QED) is 0.703. The van der Waals surface area contributed by atoms with Crippen LogP contribution >= 0.6 is 34.2 Å². The second-order valence-corrected chi connectivity index (χ2v) is 5.54. The third-order valence-electron chi connectivity index (χ3n) is 2.15. The molecule has 1 aromatic carbocycles. The number of benzene rings is 1. The van der Waals surface area contributed by atoms with Crippen LogP contribution in [0.3, 0.4) is 0 Å². The molecule has 6 heteroatoms. The minimum atomic E-state index is -1.32. The zero-order valence-corrected chi connectivity index (χ0v) is 12.1. The predicted octanol–water partition coefficient (Wildman–Crippen LogP) is 1.42. The van der Waals surface area contributed by atoms with Gasteiger partial charge in [0.15, 0.2) is 0 Å². The summed E-state index contributed by atoms with van der Waals surface area (Å²) in [6, 6.07) is 4.95. The number of hydrogen-bond donors (Lipinski definition) is 3. The van der Waals surface area contributed by atoms with Crippen molar-refractivity contribution in [2.24, 2.45) is 0 Å². The van der Waals surface area contributed by atoms with Gasteiger partial charge in [0.1, 0.15) is 5.60 Å². The van der Waals surface area contributed by atoms with Crippen molar-refractivity contribution in [3.05, 3.63) is 32.4 Å². The lowest BCUT2D eigenvalue weighted by Crippen LogP contribution is -2.43. The Bertz CT molecular complexity index is 423. The molecule has 1 unspecified atom stereocenters. The Labute approximate surface area is 118 Å². The number of rotatable bonds is 4. The van der Waals surface area contributed by atoms with Crippen LogP contribution in [0.1, 0.15) is 17.3 Å². The van der Waals surface area contributed by atoms with Gasteiger partial charge in [0.2, 0.25) is 0 Å². The average molecular weight is 370 g/mol. The van der Waals surface area contributed by atoms with Crippen molar-refractivity contribution in [1.82, 2.24) is 5.32 Å². The van der Waals surface area contributed by atoms with Gasteiger partial charge in [-0.15, -0.1) is 0 Å². The van der Waals surface area contributed by atoms with Gasteiger partial charge in [0.25, 0.3) is 5.91 Å². The molecule has 1 rings (SSSR count). The molecule has 1 atom stereocenters. The lowest BCUT2D eigenvalue weighted by Gasteiger charge is -2.20. The normalized spacial score (nSPS) is 14.2. The fraction of sp³-hybridized carbons (Fsp3) is 0.364. The van der Waals surface area contributed by atoms with Crippen molar-refractivity contribution >= 4 is 40.1 Å². The van der Waals surface area contributed by atoms with Gasteiger partial charge in [0, 0.05) is 15.7 Å². The van der Waals surface area contributed by atoms with Crippen molar-refractivity contribution in [3.63, 3.8) is 0 Å². The van der Waals surface area contributed by atoms with Crippen LogP contribution in [0.2, 0.25) is 5.02 Å². The first kappa shape index (κ1) is 14.7. The zero-order valence-electron chi connectivity index (χ0n) is 9.20. The third-order valence-corrected chi connectivity index (χ3v) is 3.72. The number of hydrogen-bond acceptors (Lipinski definition) is 3. The summed E-state index contributed by atoms with van der Waals surface area (Å²) >= 11 is 7.97. The Morgan fingerprint density at radius 1 is 1.59 bits per heavy atom. The molecule has 4 nitrogen and oxygen atoms in total. The SMILES string of the molecule is CC(O)(CO)CNC(=O)c1ccc(I)c(Cl)c1. The number of carbonyl (C=O) groups excluding carboxylic acids is 1. The fourth-order valence-corrected chi connectivity index (χ4v) is 1.58. The summed E-state index contributed by atoms with van der Waals surface area (Å²) in [5, 5.41) is 21.4. The maximum atomic E-state index is 11.7. The topological polar surface area (TPSA) is 69.6 Å². The van der Waals surface area contributed by atoms with E-state index in [-0.39, 0.29) is 12.5 Å². The van der Waals surface area contributed by atoms with E-state index in [4.69, 9.17) is 16.7 Å². The van der Waals surface area contributed by atoms with E-state index < -0.39 is 12.2 Å². The van der Waals surface area contributed by atoms with E-state index in [1.165, 1.54) is 6.92 Å². The molecule has 0 saturated heterocycles. The van der Waals surface area contributed by atoms with Gasteiger partial charge >= 0.3 is 0 Å². The summed E-state index contributed by atoms with van der Waals surface area (Å²) in [6.45, 7) is 1.00. The number of aliphatic hydroxyl groups is 2. The van der Waals surface area contributed by atoms with Gasteiger partial charge in [-0.3, -0.25) is 4.79 Å². The number of aliphatic hydroxyl groups excluding tert-OH is 1. The van der Waals surface area contributed by atoms with Gasteiger partial charge in [0.05, 0.1) is 11.6 Å². The van der Waals surface area contributed by atoms with Crippen LogP contribution in [0.25, 0.3) is 0 Å². The molecular formula is C11H13ClINO3. The standard InChI is InChI=1S/C11H13ClINO3/c1-11(17,6-15)5-14-10(16)7-2-3-9(13)8(12)4-7/h2-4,15,17H,5-6H2,1H3,(H,14,16). The van der Waals surface area contributed by atoms with Crippen molar-refractivity contribution in [3.8, 4) is 0 Å². The van der Waals surface area contributed by atoms with Crippen LogP contribution in [0.15, 0.2) is 18.2 Å². The average Bonchev–Trinajstić information content (AvgIpc) is 2.30. The van der Waals surface area contributed by atoms with Crippen molar-refractivity contribution < 1.29 is 15.0 Å². The molecular weight excluding hydrogens is 356 g/mol. The van der Waals surface area contributed by atoms with E-state index in [2.05, 4.69) is 27.9 Å². The molecule has 0 radical (unpaired) electrons. The summed E-state index contributed by atoms with van der Waals surface area (Å²) in [6.07, 6.45) is 0. The molecule has 3 N–H and O–H groups in total. The first-order valence-corrected chi connectivity index (χ1v) is 6.38. The van der Waals surface area contributed by atoms with E-state index in [0.29, 0.717) is 10.6 Å². The molecule has 0 saturated carbocycles. The second kappa shape index (κ2) is 5.99. The van der Waals surface area contributed by atoms with Gasteiger partial charge in [-0.1, -0.05) is 11.6 Å². The third kappa shape index (κ3) is 4.42. The highest BCUT2D eigenvalue weighted by atomic mass is 127. The largest absolute Gasteiger partial charge is 0.393 e. The molecule has 0 aromatic heterocycles. The number of amides is 1. The maximum absolute atomic E-state index is 11.7. The van der Waals surface area contributed by atoms with Crippen LogP contribution in [0.5, 0.6) is 0 Å². The Morgan fingerprint density at radius 2 is 2.24 bits per heavy atom. The van der Waals surface area contributed by atoms with Crippen LogP contribution in [-0.2, 0) is 0 Å². The molecule has 0 bridgehead atoms. The molecule has 0 aliphatic heterocycles. The zero-order chi connectivity index (χ0) is 13.1. The minimum absolute atomic E-state index is 0.0219. The summed E-state index contributed by atoms with van der Waals surface area (Å²) in [5.41, 5.74) is -0.896. The lowest BCUT2D eigenvalue weighted by atomic mass is 10.1. The first-order valence-electron chi connectivity index (χ1n) is 4.92. The molecule has 94 valence electrons. The predicted molar refractivity (Wildman–Crippen MR) is 74.2 cm³/mol. The number of halogens is 2. The number of nitrogens with one attached hydrogen (secondary N) is 1. The molecule has 1 aromatic rings. The van der Waals surface area contributed by atoms with E-state index in [1.54, 1.807) is 18.2 Å². The van der Waals surface area contributed by atoms with E-state index in [9.17, 15) is 9.90 Å². The van der Waals surface area contributed by atoms with Gasteiger partial charge in [-0.2, -0.15) is 0 Å². The second-order valence-electron chi connectivity index (χ2n) is 3.97. The molecule has 0 aliphatic rings. The van der Waals surface area contributed by atoms with Crippen LogP contribution in [0, 0.1) is 3.57 Å². The van der Waals surface area contributed by atoms with Gasteiger partial charge < -0.3 is 15.5 Å². The summed E-state index contributed by atoms with van der Waals surface area (Å²) in [5.74, 6) is -0.336. The van der Waals surface area contributed by atoms with E-state index in [1.807, 2.05) is 0 Å². The minimum Gasteiger partial charge on any atom is -0.393 e. The highest BCUT2D eigenvalue weighted by Crippen LogP contribution is 2.19. The van der Waals surface area contributed by atoms with Gasteiger partial charge in [-0.05, 0) is 47.7 Å². The maximum Gasteiger partial charge on any atom is 0.251 e. The Balaban J connectivity index is 2.68. The fourth-order valence-electron chi connectivity index (χ4n) is 1.07. The van der Waals surface area contributed by atoms with E-state index in [0.717, 1.165) is 3.57 Å². The molecule has 0 spiro atoms. The lowest BCUT2D eigenvalue weighted by molar-refractivity contribution is 0.00320. The van der Waals surface area contributed by atoms with Crippen molar-refractivity contribution in [1.29, 1.82) is 0 Å². The first-order chi connectivity index (χ1) is 7.85.